The molecule has 2 aromatic rings. The van der Waals surface area contributed by atoms with E-state index in [9.17, 15) is 23.2 Å². The zero-order valence-electron chi connectivity index (χ0n) is 28.8. The molecule has 0 bridgehead atoms. The van der Waals surface area contributed by atoms with Gasteiger partial charge >= 0.3 is 5.97 Å². The summed E-state index contributed by atoms with van der Waals surface area (Å²) in [4.78, 5) is 49.3. The maximum absolute atomic E-state index is 13.1. The smallest absolute Gasteiger partial charge is 0.306 e. The molecule has 4 heterocycles. The molecule has 0 saturated heterocycles. The topological polar surface area (TPSA) is 111 Å². The first-order chi connectivity index (χ1) is 23.5. The summed E-state index contributed by atoms with van der Waals surface area (Å²) < 4.78 is 41.9. The predicted molar refractivity (Wildman–Crippen MR) is 179 cm³/mol. The van der Waals surface area contributed by atoms with E-state index in [-0.39, 0.29) is 43.8 Å². The second-order valence-electron chi connectivity index (χ2n) is 13.8. The number of esters is 1. The number of ether oxygens (including phenoxy) is 3. The SMILES string of the molecule is CC(C)(C)OC(=O)CC/C(=C/F)COc1ccc2c(n1)CCN(C1CC1)C2=O.CC/C(=C/F)COc1ccc2c(n1)CCN(C1CC1)C2=O. The van der Waals surface area contributed by atoms with Crippen LogP contribution in [0.25, 0.3) is 0 Å². The molecule has 0 radical (unpaired) electrons. The van der Waals surface area contributed by atoms with Crippen molar-refractivity contribution in [2.24, 2.45) is 0 Å². The van der Waals surface area contributed by atoms with Crippen molar-refractivity contribution < 1.29 is 37.4 Å². The number of aromatic nitrogens is 2. The maximum Gasteiger partial charge on any atom is 0.306 e. The Morgan fingerprint density at radius 1 is 0.796 bits per heavy atom. The molecule has 0 N–H and O–H groups in total. The summed E-state index contributed by atoms with van der Waals surface area (Å²) in [6.07, 6.45) is 7.79. The van der Waals surface area contributed by atoms with E-state index < -0.39 is 5.60 Å². The number of halogens is 2. The molecule has 2 aromatic heterocycles. The number of amides is 2. The Labute approximate surface area is 286 Å². The minimum absolute atomic E-state index is 0.00672. The molecule has 2 amide bonds. The molecule has 264 valence electrons. The number of rotatable bonds is 12. The summed E-state index contributed by atoms with van der Waals surface area (Å²) in [6.45, 7) is 8.84. The summed E-state index contributed by atoms with van der Waals surface area (Å²) in [5.41, 5.74) is 3.18. The first-order valence-electron chi connectivity index (χ1n) is 17.1. The van der Waals surface area contributed by atoms with Crippen molar-refractivity contribution in [1.82, 2.24) is 19.8 Å². The van der Waals surface area contributed by atoms with Crippen LogP contribution < -0.4 is 9.47 Å². The van der Waals surface area contributed by atoms with Gasteiger partial charge in [-0.25, -0.2) is 18.7 Å². The van der Waals surface area contributed by atoms with Gasteiger partial charge in [0.2, 0.25) is 11.8 Å². The van der Waals surface area contributed by atoms with Crippen LogP contribution in [-0.4, -0.2) is 81.5 Å². The van der Waals surface area contributed by atoms with Crippen LogP contribution in [-0.2, 0) is 22.4 Å². The predicted octanol–water partition coefficient (Wildman–Crippen LogP) is 6.48. The fourth-order valence-electron chi connectivity index (χ4n) is 5.69. The summed E-state index contributed by atoms with van der Waals surface area (Å²) in [5, 5.41) is 0. The Morgan fingerprint density at radius 3 is 1.67 bits per heavy atom. The van der Waals surface area contributed by atoms with E-state index in [1.165, 1.54) is 0 Å². The highest BCUT2D eigenvalue weighted by atomic mass is 19.1. The Hall–Kier alpha value is -4.35. The van der Waals surface area contributed by atoms with Crippen LogP contribution in [0.2, 0.25) is 0 Å². The van der Waals surface area contributed by atoms with Gasteiger partial charge in [0.05, 0.1) is 35.2 Å². The Bertz CT molecular complexity index is 1600. The van der Waals surface area contributed by atoms with Gasteiger partial charge in [0.15, 0.2) is 0 Å². The van der Waals surface area contributed by atoms with Crippen molar-refractivity contribution in [3.05, 3.63) is 70.6 Å². The van der Waals surface area contributed by atoms with Crippen LogP contribution >= 0.6 is 0 Å². The van der Waals surface area contributed by atoms with E-state index in [1.807, 2.05) is 16.7 Å². The Morgan fingerprint density at radius 2 is 1.27 bits per heavy atom. The highest BCUT2D eigenvalue weighted by Gasteiger charge is 2.37. The van der Waals surface area contributed by atoms with E-state index in [2.05, 4.69) is 9.97 Å². The molecule has 2 fully saturated rings. The van der Waals surface area contributed by atoms with Crippen molar-refractivity contribution in [2.45, 2.75) is 103 Å². The summed E-state index contributed by atoms with van der Waals surface area (Å²) in [6, 6.07) is 7.66. The number of carbonyl (C=O) groups is 3. The van der Waals surface area contributed by atoms with E-state index in [0.29, 0.717) is 78.2 Å². The van der Waals surface area contributed by atoms with Crippen molar-refractivity contribution in [3.63, 3.8) is 0 Å². The molecule has 0 aromatic carbocycles. The minimum Gasteiger partial charge on any atom is -0.473 e. The summed E-state index contributed by atoms with van der Waals surface area (Å²) >= 11 is 0. The van der Waals surface area contributed by atoms with Crippen molar-refractivity contribution >= 4 is 17.8 Å². The molecule has 0 atom stereocenters. The number of pyridine rings is 2. The van der Waals surface area contributed by atoms with E-state index in [0.717, 1.165) is 50.0 Å². The van der Waals surface area contributed by atoms with Crippen molar-refractivity contribution in [2.75, 3.05) is 26.3 Å². The van der Waals surface area contributed by atoms with E-state index >= 15 is 0 Å². The lowest BCUT2D eigenvalue weighted by molar-refractivity contribution is -0.154. The average Bonchev–Trinajstić information content (AvgIpc) is 4.00. The fraction of sp³-hybridized carbons (Fsp3) is 0.541. The molecule has 0 spiro atoms. The minimum atomic E-state index is -0.563. The van der Waals surface area contributed by atoms with Crippen LogP contribution in [0.15, 0.2) is 48.1 Å². The average molecular weight is 681 g/mol. The van der Waals surface area contributed by atoms with Gasteiger partial charge in [-0.2, -0.15) is 0 Å². The molecule has 4 aliphatic rings. The Kier molecular flexibility index (Phi) is 11.7. The molecule has 2 saturated carbocycles. The number of hydrogen-bond donors (Lipinski definition) is 0. The molecule has 2 aliphatic heterocycles. The van der Waals surface area contributed by atoms with Gasteiger partial charge in [-0.05, 0) is 82.6 Å². The van der Waals surface area contributed by atoms with Crippen LogP contribution in [0.3, 0.4) is 0 Å². The zero-order valence-corrected chi connectivity index (χ0v) is 28.8. The molecule has 49 heavy (non-hydrogen) atoms. The summed E-state index contributed by atoms with van der Waals surface area (Å²) in [5.74, 6) is 0.537. The Balaban J connectivity index is 0.000000199. The number of carbonyl (C=O) groups excluding carboxylic acids is 3. The number of fused-ring (bicyclic) bond motifs is 2. The maximum atomic E-state index is 13.1. The van der Waals surface area contributed by atoms with Gasteiger partial charge in [-0.15, -0.1) is 0 Å². The molecule has 2 aliphatic carbocycles. The van der Waals surface area contributed by atoms with Gasteiger partial charge in [-0.3, -0.25) is 14.4 Å². The van der Waals surface area contributed by atoms with Crippen molar-refractivity contribution in [3.8, 4) is 11.8 Å². The van der Waals surface area contributed by atoms with Crippen molar-refractivity contribution in [1.29, 1.82) is 0 Å². The van der Waals surface area contributed by atoms with Crippen LogP contribution in [0, 0.1) is 0 Å². The van der Waals surface area contributed by atoms with Crippen LogP contribution in [0.4, 0.5) is 8.78 Å². The first kappa shape index (κ1) is 35.9. The second-order valence-corrected chi connectivity index (χ2v) is 13.8. The lowest BCUT2D eigenvalue weighted by atomic mass is 10.0. The lowest BCUT2D eigenvalue weighted by Gasteiger charge is -2.28. The van der Waals surface area contributed by atoms with Gasteiger partial charge < -0.3 is 24.0 Å². The normalized spacial score (nSPS) is 17.9. The standard InChI is InChI=1S/C21H27FN2O4.C16H19FN2O2/c1-21(2,3)28-19(25)9-4-14(12-22)13-27-18-8-7-16-17(23-18)10-11-24(20(16)26)15-5-6-15;1-2-11(9-17)10-21-15-6-5-13-14(18-15)7-8-19(16(13)20)12-3-4-12/h7-8,12,15H,4-6,9-11,13H2,1-3H3;5-6,9,12H,2-4,7-8,10H2,1H3/b14-12-;11-9-. The van der Waals surface area contributed by atoms with Gasteiger partial charge in [-0.1, -0.05) is 6.92 Å². The first-order valence-corrected chi connectivity index (χ1v) is 17.1. The quantitative estimate of drug-likeness (QED) is 0.234. The molecular formula is C37H46F2N4O6. The largest absolute Gasteiger partial charge is 0.473 e. The molecule has 12 heteroatoms. The van der Waals surface area contributed by atoms with Crippen LogP contribution in [0.1, 0.15) is 105 Å². The van der Waals surface area contributed by atoms with Gasteiger partial charge in [0, 0.05) is 56.6 Å². The zero-order chi connectivity index (χ0) is 35.1. The third-order valence-corrected chi connectivity index (χ3v) is 8.68. The third-order valence-electron chi connectivity index (χ3n) is 8.68. The molecular weight excluding hydrogens is 634 g/mol. The number of hydrogen-bond acceptors (Lipinski definition) is 8. The number of nitrogens with zero attached hydrogens (tertiary/aromatic N) is 4. The molecule has 6 rings (SSSR count). The van der Waals surface area contributed by atoms with E-state index in [1.54, 1.807) is 45.0 Å². The third kappa shape index (κ3) is 9.86. The highest BCUT2D eigenvalue weighted by Crippen LogP contribution is 2.33. The second kappa shape index (κ2) is 15.9. The molecule has 0 unspecified atom stereocenters. The van der Waals surface area contributed by atoms with Gasteiger partial charge in [0.25, 0.3) is 11.8 Å². The van der Waals surface area contributed by atoms with Gasteiger partial charge in [0.1, 0.15) is 18.8 Å². The monoisotopic (exact) mass is 680 g/mol. The van der Waals surface area contributed by atoms with E-state index in [4.69, 9.17) is 14.2 Å². The van der Waals surface area contributed by atoms with Crippen LogP contribution in [0.5, 0.6) is 11.8 Å². The summed E-state index contributed by atoms with van der Waals surface area (Å²) in [7, 11) is 0. The lowest BCUT2D eigenvalue weighted by Crippen LogP contribution is -2.39. The molecule has 10 nitrogen and oxygen atoms in total. The fourth-order valence-corrected chi connectivity index (χ4v) is 5.69. The highest BCUT2D eigenvalue weighted by molar-refractivity contribution is 5.97.